The van der Waals surface area contributed by atoms with Gasteiger partial charge in [0.05, 0.1) is 17.7 Å². The lowest BCUT2D eigenvalue weighted by molar-refractivity contribution is -0.140. The van der Waals surface area contributed by atoms with Crippen LogP contribution >= 0.6 is 23.2 Å². The normalized spacial score (nSPS) is 10.5. The average molecular weight is 422 g/mol. The van der Waals surface area contributed by atoms with E-state index in [-0.39, 0.29) is 11.9 Å². The molecule has 0 aliphatic heterocycles. The number of esters is 1. The lowest BCUT2D eigenvalue weighted by Crippen LogP contribution is -2.32. The van der Waals surface area contributed by atoms with Crippen LogP contribution in [-0.4, -0.2) is 25.5 Å². The van der Waals surface area contributed by atoms with Crippen molar-refractivity contribution >= 4 is 40.8 Å². The first kappa shape index (κ1) is 22.3. The van der Waals surface area contributed by atoms with Crippen molar-refractivity contribution in [3.8, 4) is 0 Å². The van der Waals surface area contributed by atoms with Crippen molar-refractivity contribution in [2.75, 3.05) is 18.6 Å². The fourth-order valence-electron chi connectivity index (χ4n) is 2.94. The highest BCUT2D eigenvalue weighted by atomic mass is 35.5. The Bertz CT molecular complexity index is 795. The maximum Gasteiger partial charge on any atom is 0.305 e. The van der Waals surface area contributed by atoms with Crippen molar-refractivity contribution in [1.29, 1.82) is 0 Å². The van der Waals surface area contributed by atoms with Gasteiger partial charge in [0.15, 0.2) is 0 Å². The van der Waals surface area contributed by atoms with Gasteiger partial charge < -0.3 is 9.64 Å². The minimum atomic E-state index is -0.169. The number of rotatable bonds is 10. The first-order chi connectivity index (χ1) is 13.5. The van der Waals surface area contributed by atoms with E-state index >= 15 is 0 Å². The number of hydrogen-bond donors (Lipinski definition) is 0. The van der Waals surface area contributed by atoms with Crippen LogP contribution in [0.1, 0.15) is 48.9 Å². The summed E-state index contributed by atoms with van der Waals surface area (Å²) in [4.78, 5) is 25.9. The van der Waals surface area contributed by atoms with Crippen molar-refractivity contribution in [3.05, 3.63) is 64.1 Å². The summed E-state index contributed by atoms with van der Waals surface area (Å²) in [5.74, 6) is -0.309. The average Bonchev–Trinajstić information content (AvgIpc) is 2.69. The lowest BCUT2D eigenvalue weighted by atomic mass is 10.1. The molecule has 0 aromatic heterocycles. The standard InChI is InChI=1S/C22H25Cl2NO3/c1-28-21(26)14-5-3-2-4-8-15-25(18-11-9-10-17(23)16-18)22(27)19-12-6-7-13-20(19)24/h6-7,9-13,16H,2-5,8,14-15H2,1H3. The fraction of sp³-hybridized carbons (Fsp3) is 0.364. The zero-order valence-corrected chi connectivity index (χ0v) is 17.5. The molecule has 2 aromatic carbocycles. The van der Waals surface area contributed by atoms with Gasteiger partial charge in [0.25, 0.3) is 5.91 Å². The highest BCUT2D eigenvalue weighted by molar-refractivity contribution is 6.34. The van der Waals surface area contributed by atoms with Crippen molar-refractivity contribution in [2.45, 2.75) is 38.5 Å². The Hall–Kier alpha value is -2.04. The molecular formula is C22H25Cl2NO3. The topological polar surface area (TPSA) is 46.6 Å². The van der Waals surface area contributed by atoms with Gasteiger partial charge in [-0.1, -0.05) is 60.7 Å². The molecule has 0 radical (unpaired) electrons. The molecule has 0 bridgehead atoms. The third-order valence-electron chi connectivity index (χ3n) is 4.46. The second kappa shape index (κ2) is 11.7. The van der Waals surface area contributed by atoms with Gasteiger partial charge in [-0.25, -0.2) is 0 Å². The molecule has 0 aliphatic carbocycles. The van der Waals surface area contributed by atoms with Crippen LogP contribution in [0.2, 0.25) is 10.0 Å². The van der Waals surface area contributed by atoms with Gasteiger partial charge in [-0.2, -0.15) is 0 Å². The summed E-state index contributed by atoms with van der Waals surface area (Å²) < 4.78 is 4.64. The first-order valence-corrected chi connectivity index (χ1v) is 10.2. The molecule has 0 N–H and O–H groups in total. The van der Waals surface area contributed by atoms with E-state index in [2.05, 4.69) is 4.74 Å². The van der Waals surface area contributed by atoms with Crippen molar-refractivity contribution in [1.82, 2.24) is 0 Å². The quantitative estimate of drug-likeness (QED) is 0.341. The Kier molecular flexibility index (Phi) is 9.32. The van der Waals surface area contributed by atoms with Crippen LogP contribution in [0.5, 0.6) is 0 Å². The number of halogens is 2. The molecule has 150 valence electrons. The highest BCUT2D eigenvalue weighted by Gasteiger charge is 2.19. The summed E-state index contributed by atoms with van der Waals surface area (Å²) in [6.07, 6.45) is 5.06. The van der Waals surface area contributed by atoms with E-state index in [0.717, 1.165) is 37.8 Å². The number of nitrogens with zero attached hydrogens (tertiary/aromatic N) is 1. The van der Waals surface area contributed by atoms with Gasteiger partial charge in [-0.15, -0.1) is 0 Å². The van der Waals surface area contributed by atoms with E-state index in [1.165, 1.54) is 7.11 Å². The van der Waals surface area contributed by atoms with E-state index in [1.54, 1.807) is 41.3 Å². The Labute approximate surface area is 176 Å². The molecule has 0 fully saturated rings. The molecule has 6 heteroatoms. The molecule has 2 rings (SSSR count). The number of anilines is 1. The first-order valence-electron chi connectivity index (χ1n) is 9.41. The van der Waals surface area contributed by atoms with Gasteiger partial charge in [-0.3, -0.25) is 9.59 Å². The third kappa shape index (κ3) is 6.84. The molecule has 0 aliphatic rings. The zero-order valence-electron chi connectivity index (χ0n) is 16.0. The van der Waals surface area contributed by atoms with Crippen LogP contribution in [0.15, 0.2) is 48.5 Å². The Balaban J connectivity index is 1.97. The van der Waals surface area contributed by atoms with Gasteiger partial charge in [-0.05, 0) is 43.2 Å². The predicted molar refractivity (Wildman–Crippen MR) is 114 cm³/mol. The monoisotopic (exact) mass is 421 g/mol. The molecule has 0 heterocycles. The minimum Gasteiger partial charge on any atom is -0.469 e. The van der Waals surface area contributed by atoms with Gasteiger partial charge in [0.1, 0.15) is 0 Å². The van der Waals surface area contributed by atoms with Crippen LogP contribution in [0.3, 0.4) is 0 Å². The number of methoxy groups -OCH3 is 1. The van der Waals surface area contributed by atoms with Crippen LogP contribution in [0.25, 0.3) is 0 Å². The van der Waals surface area contributed by atoms with E-state index in [0.29, 0.717) is 28.6 Å². The number of carbonyl (C=O) groups excluding carboxylic acids is 2. The fourth-order valence-corrected chi connectivity index (χ4v) is 3.34. The van der Waals surface area contributed by atoms with Crippen molar-refractivity contribution < 1.29 is 14.3 Å². The lowest BCUT2D eigenvalue weighted by Gasteiger charge is -2.23. The maximum absolute atomic E-state index is 13.1. The zero-order chi connectivity index (χ0) is 20.4. The minimum absolute atomic E-state index is 0.140. The number of hydrogen-bond acceptors (Lipinski definition) is 3. The summed E-state index contributed by atoms with van der Waals surface area (Å²) >= 11 is 12.4. The van der Waals surface area contributed by atoms with E-state index in [9.17, 15) is 9.59 Å². The van der Waals surface area contributed by atoms with Crippen LogP contribution in [0.4, 0.5) is 5.69 Å². The maximum atomic E-state index is 13.1. The third-order valence-corrected chi connectivity index (χ3v) is 5.02. The summed E-state index contributed by atoms with van der Waals surface area (Å²) in [5, 5.41) is 1.01. The molecule has 0 spiro atoms. The molecule has 28 heavy (non-hydrogen) atoms. The van der Waals surface area contributed by atoms with E-state index < -0.39 is 0 Å². The molecule has 0 atom stereocenters. The summed E-state index contributed by atoms with van der Waals surface area (Å²) in [7, 11) is 1.41. The Morgan fingerprint density at radius 2 is 1.64 bits per heavy atom. The number of unbranched alkanes of at least 4 members (excludes halogenated alkanes) is 4. The highest BCUT2D eigenvalue weighted by Crippen LogP contribution is 2.25. The predicted octanol–water partition coefficient (Wildman–Crippen LogP) is 6.15. The van der Waals surface area contributed by atoms with Gasteiger partial charge in [0.2, 0.25) is 0 Å². The SMILES string of the molecule is COC(=O)CCCCCCCN(C(=O)c1ccccc1Cl)c1cccc(Cl)c1. The molecule has 2 aromatic rings. The van der Waals surface area contributed by atoms with Crippen molar-refractivity contribution in [2.24, 2.45) is 0 Å². The molecule has 4 nitrogen and oxygen atoms in total. The second-order valence-corrected chi connectivity index (χ2v) is 7.35. The van der Waals surface area contributed by atoms with E-state index in [4.69, 9.17) is 23.2 Å². The molecule has 0 unspecified atom stereocenters. The molecule has 0 saturated carbocycles. The Morgan fingerprint density at radius 3 is 2.36 bits per heavy atom. The van der Waals surface area contributed by atoms with Crippen LogP contribution < -0.4 is 4.90 Å². The van der Waals surface area contributed by atoms with Crippen LogP contribution in [0, 0.1) is 0 Å². The van der Waals surface area contributed by atoms with Crippen LogP contribution in [-0.2, 0) is 9.53 Å². The summed E-state index contributed by atoms with van der Waals surface area (Å²) in [6.45, 7) is 0.571. The number of benzene rings is 2. The number of ether oxygens (including phenoxy) is 1. The van der Waals surface area contributed by atoms with Crippen molar-refractivity contribution in [3.63, 3.8) is 0 Å². The Morgan fingerprint density at radius 1 is 0.929 bits per heavy atom. The molecule has 1 amide bonds. The second-order valence-electron chi connectivity index (χ2n) is 6.51. The smallest absolute Gasteiger partial charge is 0.305 e. The van der Waals surface area contributed by atoms with E-state index in [1.807, 2.05) is 12.1 Å². The summed E-state index contributed by atoms with van der Waals surface area (Å²) in [6, 6.07) is 14.3. The number of amides is 1. The van der Waals surface area contributed by atoms with Gasteiger partial charge >= 0.3 is 5.97 Å². The number of carbonyl (C=O) groups is 2. The molecular weight excluding hydrogens is 397 g/mol. The summed E-state index contributed by atoms with van der Waals surface area (Å²) in [5.41, 5.74) is 1.23. The molecule has 0 saturated heterocycles. The van der Waals surface area contributed by atoms with Gasteiger partial charge in [0, 0.05) is 23.7 Å². The largest absolute Gasteiger partial charge is 0.469 e.